The van der Waals surface area contributed by atoms with Crippen molar-refractivity contribution in [2.24, 2.45) is 0 Å². The number of piperidine rings is 1. The lowest BCUT2D eigenvalue weighted by Crippen LogP contribution is -2.47. The fourth-order valence-corrected chi connectivity index (χ4v) is 4.27. The maximum Gasteiger partial charge on any atom is 0.254 e. The van der Waals surface area contributed by atoms with Crippen LogP contribution < -0.4 is 0 Å². The van der Waals surface area contributed by atoms with E-state index in [0.29, 0.717) is 18.1 Å². The molecule has 1 aromatic carbocycles. The van der Waals surface area contributed by atoms with E-state index in [1.54, 1.807) is 12.7 Å². The number of aromatic nitrogens is 3. The van der Waals surface area contributed by atoms with Crippen LogP contribution in [0.25, 0.3) is 0 Å². The molecule has 4 rings (SSSR count). The molecule has 3 heterocycles. The molecule has 1 aromatic heterocycles. The highest BCUT2D eigenvalue weighted by molar-refractivity contribution is 9.10. The summed E-state index contributed by atoms with van der Waals surface area (Å²) in [5, 5.41) is 4.27. The van der Waals surface area contributed by atoms with Gasteiger partial charge in [-0.2, -0.15) is 5.10 Å². The van der Waals surface area contributed by atoms with Gasteiger partial charge in [-0.15, -0.1) is 0 Å². The number of amides is 1. The van der Waals surface area contributed by atoms with Crippen LogP contribution in [0.15, 0.2) is 41.4 Å². The van der Waals surface area contributed by atoms with Crippen LogP contribution in [-0.4, -0.2) is 37.7 Å². The summed E-state index contributed by atoms with van der Waals surface area (Å²) in [7, 11) is 0. The van der Waals surface area contributed by atoms with E-state index >= 15 is 0 Å². The predicted molar refractivity (Wildman–Crippen MR) is 85.4 cm³/mol. The first-order valence-corrected chi connectivity index (χ1v) is 8.44. The smallest absolute Gasteiger partial charge is 0.254 e. The number of carbonyl (C=O) groups excluding carboxylic acids is 1. The normalized spacial score (nSPS) is 27.1. The molecule has 2 aliphatic heterocycles. The highest BCUT2D eigenvalue weighted by Crippen LogP contribution is 2.41. The molecule has 2 unspecified atom stereocenters. The van der Waals surface area contributed by atoms with Crippen molar-refractivity contribution in [1.29, 1.82) is 0 Å². The summed E-state index contributed by atoms with van der Waals surface area (Å²) in [5.74, 6) is 0.158. The lowest BCUT2D eigenvalue weighted by atomic mass is 9.96. The second kappa shape index (κ2) is 5.50. The molecule has 0 N–H and O–H groups in total. The number of rotatable bonds is 2. The van der Waals surface area contributed by atoms with Crippen LogP contribution in [-0.2, 0) is 0 Å². The molecular formula is C16H17BrN4O. The summed E-state index contributed by atoms with van der Waals surface area (Å²) >= 11 is 3.45. The standard InChI is InChI=1S/C16H17BrN4O/c17-12-3-1-2-11(6-12)16(22)21-13-4-5-14(21)8-15(7-13)20-10-18-9-19-20/h1-3,6,9-10,13-15H,4-5,7-8H2. The Hall–Kier alpha value is -1.69. The Morgan fingerprint density at radius 1 is 1.18 bits per heavy atom. The fraction of sp³-hybridized carbons (Fsp3) is 0.438. The van der Waals surface area contributed by atoms with E-state index in [-0.39, 0.29) is 5.91 Å². The lowest BCUT2D eigenvalue weighted by Gasteiger charge is -2.39. The number of fused-ring (bicyclic) bond motifs is 2. The largest absolute Gasteiger partial charge is 0.333 e. The van der Waals surface area contributed by atoms with Crippen molar-refractivity contribution in [1.82, 2.24) is 19.7 Å². The Labute approximate surface area is 137 Å². The third kappa shape index (κ3) is 2.35. The van der Waals surface area contributed by atoms with Crippen molar-refractivity contribution in [3.8, 4) is 0 Å². The zero-order valence-corrected chi connectivity index (χ0v) is 13.7. The van der Waals surface area contributed by atoms with Gasteiger partial charge in [0.1, 0.15) is 12.7 Å². The van der Waals surface area contributed by atoms with Gasteiger partial charge >= 0.3 is 0 Å². The van der Waals surface area contributed by atoms with E-state index in [1.807, 2.05) is 28.9 Å². The number of hydrogen-bond acceptors (Lipinski definition) is 3. The average molecular weight is 361 g/mol. The summed E-state index contributed by atoms with van der Waals surface area (Å²) in [4.78, 5) is 19.0. The molecule has 2 aromatic rings. The van der Waals surface area contributed by atoms with Gasteiger partial charge < -0.3 is 4.90 Å². The SMILES string of the molecule is O=C(c1cccc(Br)c1)N1C2CCC1CC(n1cncn1)C2. The van der Waals surface area contributed by atoms with Crippen LogP contribution in [0.1, 0.15) is 42.1 Å². The second-order valence-corrected chi connectivity index (χ2v) is 7.02. The van der Waals surface area contributed by atoms with Crippen molar-refractivity contribution < 1.29 is 4.79 Å². The molecule has 2 atom stereocenters. The number of benzene rings is 1. The summed E-state index contributed by atoms with van der Waals surface area (Å²) in [6.45, 7) is 0. The van der Waals surface area contributed by atoms with Crippen molar-refractivity contribution >= 4 is 21.8 Å². The van der Waals surface area contributed by atoms with Crippen molar-refractivity contribution in [2.75, 3.05) is 0 Å². The molecule has 6 heteroatoms. The third-order valence-electron chi connectivity index (χ3n) is 4.83. The first-order chi connectivity index (χ1) is 10.7. The second-order valence-electron chi connectivity index (χ2n) is 6.11. The highest BCUT2D eigenvalue weighted by Gasteiger charge is 2.44. The van der Waals surface area contributed by atoms with Crippen LogP contribution in [0.2, 0.25) is 0 Å². The zero-order chi connectivity index (χ0) is 15.1. The van der Waals surface area contributed by atoms with E-state index in [9.17, 15) is 4.79 Å². The fourth-order valence-electron chi connectivity index (χ4n) is 3.87. The first kappa shape index (κ1) is 13.9. The topological polar surface area (TPSA) is 51.0 Å². The Kier molecular flexibility index (Phi) is 3.48. The van der Waals surface area contributed by atoms with Crippen LogP contribution in [0.4, 0.5) is 0 Å². The molecule has 0 saturated carbocycles. The van der Waals surface area contributed by atoms with Crippen LogP contribution in [0.5, 0.6) is 0 Å². The summed E-state index contributed by atoms with van der Waals surface area (Å²) in [6, 6.07) is 8.68. The molecule has 2 saturated heterocycles. The lowest BCUT2D eigenvalue weighted by molar-refractivity contribution is 0.0524. The quantitative estimate of drug-likeness (QED) is 0.826. The maximum atomic E-state index is 12.9. The average Bonchev–Trinajstić information content (AvgIpc) is 3.13. The van der Waals surface area contributed by atoms with Crippen LogP contribution in [0.3, 0.4) is 0 Å². The number of halogens is 1. The molecule has 114 valence electrons. The van der Waals surface area contributed by atoms with Gasteiger partial charge in [-0.05, 0) is 43.9 Å². The van der Waals surface area contributed by atoms with Gasteiger partial charge in [0.15, 0.2) is 0 Å². The summed E-state index contributed by atoms with van der Waals surface area (Å²) in [5.41, 5.74) is 0.769. The van der Waals surface area contributed by atoms with E-state index in [4.69, 9.17) is 0 Å². The highest BCUT2D eigenvalue weighted by atomic mass is 79.9. The van der Waals surface area contributed by atoms with Gasteiger partial charge in [0, 0.05) is 22.1 Å². The van der Waals surface area contributed by atoms with Gasteiger partial charge in [0.2, 0.25) is 0 Å². The molecule has 2 aliphatic rings. The summed E-state index contributed by atoms with van der Waals surface area (Å²) < 4.78 is 2.90. The minimum absolute atomic E-state index is 0.158. The molecule has 0 aliphatic carbocycles. The molecule has 2 fully saturated rings. The number of carbonyl (C=O) groups is 1. The predicted octanol–water partition coefficient (Wildman–Crippen LogP) is 3.05. The van der Waals surface area contributed by atoms with E-state index < -0.39 is 0 Å². The van der Waals surface area contributed by atoms with Gasteiger partial charge in [-0.25, -0.2) is 9.67 Å². The number of nitrogens with zero attached hydrogens (tertiary/aromatic N) is 4. The number of hydrogen-bond donors (Lipinski definition) is 0. The van der Waals surface area contributed by atoms with Gasteiger partial charge in [-0.1, -0.05) is 22.0 Å². The molecule has 0 radical (unpaired) electrons. The molecule has 5 nitrogen and oxygen atoms in total. The molecule has 0 spiro atoms. The van der Waals surface area contributed by atoms with Gasteiger partial charge in [-0.3, -0.25) is 4.79 Å². The minimum Gasteiger partial charge on any atom is -0.333 e. The van der Waals surface area contributed by atoms with Crippen molar-refractivity contribution in [3.05, 3.63) is 47.0 Å². The molecule has 2 bridgehead atoms. The van der Waals surface area contributed by atoms with E-state index in [1.165, 1.54) is 0 Å². The Morgan fingerprint density at radius 2 is 1.95 bits per heavy atom. The van der Waals surface area contributed by atoms with Gasteiger partial charge in [0.05, 0.1) is 6.04 Å². The molecule has 22 heavy (non-hydrogen) atoms. The van der Waals surface area contributed by atoms with Crippen LogP contribution >= 0.6 is 15.9 Å². The van der Waals surface area contributed by atoms with E-state index in [0.717, 1.165) is 35.7 Å². The van der Waals surface area contributed by atoms with Crippen molar-refractivity contribution in [3.63, 3.8) is 0 Å². The van der Waals surface area contributed by atoms with E-state index in [2.05, 4.69) is 30.9 Å². The third-order valence-corrected chi connectivity index (χ3v) is 5.32. The van der Waals surface area contributed by atoms with Crippen molar-refractivity contribution in [2.45, 2.75) is 43.8 Å². The summed E-state index contributed by atoms with van der Waals surface area (Å²) in [6.07, 6.45) is 7.50. The first-order valence-electron chi connectivity index (χ1n) is 7.64. The molecule has 1 amide bonds. The Balaban J connectivity index is 1.56. The maximum absolute atomic E-state index is 12.9. The van der Waals surface area contributed by atoms with Crippen LogP contribution in [0, 0.1) is 0 Å². The van der Waals surface area contributed by atoms with Gasteiger partial charge in [0.25, 0.3) is 5.91 Å². The Bertz CT molecular complexity index is 673. The molecular weight excluding hydrogens is 344 g/mol. The zero-order valence-electron chi connectivity index (χ0n) is 12.1. The Morgan fingerprint density at radius 3 is 2.59 bits per heavy atom. The minimum atomic E-state index is 0.158. The monoisotopic (exact) mass is 360 g/mol.